The predicted molar refractivity (Wildman–Crippen MR) is 71.2 cm³/mol. The summed E-state index contributed by atoms with van der Waals surface area (Å²) in [6.45, 7) is 5.59. The van der Waals surface area contributed by atoms with Crippen molar-refractivity contribution in [3.05, 3.63) is 29.3 Å². The van der Waals surface area contributed by atoms with E-state index in [1.165, 1.54) is 30.4 Å². The third-order valence-corrected chi connectivity index (χ3v) is 4.01. The molecule has 2 heteroatoms. The van der Waals surface area contributed by atoms with Gasteiger partial charge in [0.05, 0.1) is 0 Å². The normalized spacial score (nSPS) is 19.4. The first-order valence-electron chi connectivity index (χ1n) is 6.79. The number of phenolic OH excluding ortho intramolecular Hbond substituents is 1. The molecular formula is C15H23NO. The SMILES string of the molecule is CCC(CC)CC1NCCc2ccc(O)cc21. The molecule has 2 N–H and O–H groups in total. The number of aromatic hydroxyl groups is 1. The summed E-state index contributed by atoms with van der Waals surface area (Å²) in [7, 11) is 0. The van der Waals surface area contributed by atoms with Crippen LogP contribution >= 0.6 is 0 Å². The molecule has 0 saturated carbocycles. The van der Waals surface area contributed by atoms with Crippen molar-refractivity contribution >= 4 is 0 Å². The highest BCUT2D eigenvalue weighted by Gasteiger charge is 2.22. The predicted octanol–water partition coefficient (Wildman–Crippen LogP) is 3.41. The van der Waals surface area contributed by atoms with Crippen LogP contribution in [0.5, 0.6) is 5.75 Å². The van der Waals surface area contributed by atoms with Crippen LogP contribution in [-0.4, -0.2) is 11.7 Å². The van der Waals surface area contributed by atoms with Crippen LogP contribution in [0.1, 0.15) is 50.3 Å². The Morgan fingerprint density at radius 3 is 2.82 bits per heavy atom. The average molecular weight is 233 g/mol. The topological polar surface area (TPSA) is 32.3 Å². The highest BCUT2D eigenvalue weighted by atomic mass is 16.3. The molecular weight excluding hydrogens is 210 g/mol. The van der Waals surface area contributed by atoms with Crippen molar-refractivity contribution in [1.82, 2.24) is 5.32 Å². The van der Waals surface area contributed by atoms with Crippen molar-refractivity contribution in [2.45, 2.75) is 45.6 Å². The van der Waals surface area contributed by atoms with Gasteiger partial charge in [-0.25, -0.2) is 0 Å². The zero-order valence-corrected chi connectivity index (χ0v) is 10.9. The molecule has 0 bridgehead atoms. The maximum atomic E-state index is 9.63. The summed E-state index contributed by atoms with van der Waals surface area (Å²) < 4.78 is 0. The van der Waals surface area contributed by atoms with Crippen molar-refractivity contribution in [3.8, 4) is 5.75 Å². The van der Waals surface area contributed by atoms with Crippen LogP contribution in [0.3, 0.4) is 0 Å². The minimum Gasteiger partial charge on any atom is -0.508 e. The molecule has 1 heterocycles. The summed E-state index contributed by atoms with van der Waals surface area (Å²) in [5.41, 5.74) is 2.71. The zero-order chi connectivity index (χ0) is 12.3. The van der Waals surface area contributed by atoms with Crippen LogP contribution in [0.25, 0.3) is 0 Å². The van der Waals surface area contributed by atoms with Gasteiger partial charge in [0.15, 0.2) is 0 Å². The van der Waals surface area contributed by atoms with E-state index < -0.39 is 0 Å². The Labute approximate surface area is 104 Å². The van der Waals surface area contributed by atoms with E-state index in [1.54, 1.807) is 6.07 Å². The molecule has 0 radical (unpaired) electrons. The highest BCUT2D eigenvalue weighted by Crippen LogP contribution is 2.32. The van der Waals surface area contributed by atoms with E-state index in [1.807, 2.05) is 6.07 Å². The molecule has 17 heavy (non-hydrogen) atoms. The van der Waals surface area contributed by atoms with Crippen LogP contribution in [0.4, 0.5) is 0 Å². The van der Waals surface area contributed by atoms with E-state index in [-0.39, 0.29) is 0 Å². The van der Waals surface area contributed by atoms with Crippen molar-refractivity contribution in [2.24, 2.45) is 5.92 Å². The molecule has 0 saturated heterocycles. The number of rotatable bonds is 4. The Balaban J connectivity index is 2.18. The molecule has 1 aliphatic rings. The third kappa shape index (κ3) is 2.81. The van der Waals surface area contributed by atoms with Crippen molar-refractivity contribution in [3.63, 3.8) is 0 Å². The average Bonchev–Trinajstić information content (AvgIpc) is 2.36. The Kier molecular flexibility index (Phi) is 4.06. The van der Waals surface area contributed by atoms with Gasteiger partial charge in [0.25, 0.3) is 0 Å². The minimum absolute atomic E-state index is 0.391. The lowest BCUT2D eigenvalue weighted by atomic mass is 9.86. The van der Waals surface area contributed by atoms with Crippen LogP contribution in [0, 0.1) is 5.92 Å². The number of nitrogens with one attached hydrogen (secondary N) is 1. The van der Waals surface area contributed by atoms with Crippen LogP contribution in [-0.2, 0) is 6.42 Å². The Morgan fingerprint density at radius 1 is 1.35 bits per heavy atom. The van der Waals surface area contributed by atoms with E-state index >= 15 is 0 Å². The van der Waals surface area contributed by atoms with Gasteiger partial charge in [0.2, 0.25) is 0 Å². The lowest BCUT2D eigenvalue weighted by Gasteiger charge is -2.29. The number of fused-ring (bicyclic) bond motifs is 1. The number of phenols is 1. The fourth-order valence-electron chi connectivity index (χ4n) is 2.79. The lowest BCUT2D eigenvalue weighted by Crippen LogP contribution is -2.31. The monoisotopic (exact) mass is 233 g/mol. The summed E-state index contributed by atoms with van der Waals surface area (Å²) in [6, 6.07) is 6.24. The van der Waals surface area contributed by atoms with E-state index in [4.69, 9.17) is 0 Å². The first kappa shape index (κ1) is 12.4. The van der Waals surface area contributed by atoms with Gasteiger partial charge in [-0.3, -0.25) is 0 Å². The molecule has 1 aromatic rings. The Morgan fingerprint density at radius 2 is 2.12 bits per heavy atom. The molecule has 0 aliphatic carbocycles. The second kappa shape index (κ2) is 5.54. The molecule has 0 aromatic heterocycles. The number of benzene rings is 1. The molecule has 2 nitrogen and oxygen atoms in total. The molecule has 0 fully saturated rings. The Bertz CT molecular complexity index is 371. The fourth-order valence-corrected chi connectivity index (χ4v) is 2.79. The largest absolute Gasteiger partial charge is 0.508 e. The van der Waals surface area contributed by atoms with Gasteiger partial charge >= 0.3 is 0 Å². The lowest BCUT2D eigenvalue weighted by molar-refractivity contribution is 0.360. The quantitative estimate of drug-likeness (QED) is 0.835. The van der Waals surface area contributed by atoms with Gasteiger partial charge in [0, 0.05) is 6.04 Å². The standard InChI is InChI=1S/C15H23NO/c1-3-11(4-2)9-15-14-10-13(17)6-5-12(14)7-8-16-15/h5-6,10-11,15-17H,3-4,7-9H2,1-2H3. The molecule has 0 spiro atoms. The smallest absolute Gasteiger partial charge is 0.115 e. The highest BCUT2D eigenvalue weighted by molar-refractivity contribution is 5.38. The molecule has 2 rings (SSSR count). The second-order valence-electron chi connectivity index (χ2n) is 5.06. The summed E-state index contributed by atoms with van der Waals surface area (Å²) >= 11 is 0. The zero-order valence-electron chi connectivity index (χ0n) is 10.9. The Hall–Kier alpha value is -1.02. The van der Waals surface area contributed by atoms with E-state index in [0.717, 1.165) is 18.9 Å². The molecule has 1 aromatic carbocycles. The van der Waals surface area contributed by atoms with Crippen molar-refractivity contribution in [2.75, 3.05) is 6.54 Å². The minimum atomic E-state index is 0.391. The molecule has 94 valence electrons. The van der Waals surface area contributed by atoms with Crippen LogP contribution in [0.15, 0.2) is 18.2 Å². The summed E-state index contributed by atoms with van der Waals surface area (Å²) in [4.78, 5) is 0. The maximum Gasteiger partial charge on any atom is 0.115 e. The van der Waals surface area contributed by atoms with Crippen molar-refractivity contribution in [1.29, 1.82) is 0 Å². The fraction of sp³-hybridized carbons (Fsp3) is 0.600. The number of hydrogen-bond donors (Lipinski definition) is 2. The molecule has 0 amide bonds. The van der Waals surface area contributed by atoms with Gasteiger partial charge in [-0.1, -0.05) is 32.8 Å². The maximum absolute atomic E-state index is 9.63. The van der Waals surface area contributed by atoms with Crippen LogP contribution < -0.4 is 5.32 Å². The van der Waals surface area contributed by atoms with Gasteiger partial charge in [-0.15, -0.1) is 0 Å². The van der Waals surface area contributed by atoms with Crippen LogP contribution in [0.2, 0.25) is 0 Å². The van der Waals surface area contributed by atoms with Gasteiger partial charge in [-0.05, 0) is 48.6 Å². The first-order valence-corrected chi connectivity index (χ1v) is 6.79. The second-order valence-corrected chi connectivity index (χ2v) is 5.06. The molecule has 1 aliphatic heterocycles. The summed E-state index contributed by atoms with van der Waals surface area (Å²) in [5.74, 6) is 1.17. The van der Waals surface area contributed by atoms with Gasteiger partial charge < -0.3 is 10.4 Å². The first-order chi connectivity index (χ1) is 8.24. The summed E-state index contributed by atoms with van der Waals surface area (Å²) in [6.07, 6.45) is 4.74. The van der Waals surface area contributed by atoms with Gasteiger partial charge in [0.1, 0.15) is 5.75 Å². The molecule has 1 unspecified atom stereocenters. The van der Waals surface area contributed by atoms with E-state index in [2.05, 4.69) is 25.2 Å². The summed E-state index contributed by atoms with van der Waals surface area (Å²) in [5, 5.41) is 13.2. The molecule has 1 atom stereocenters. The third-order valence-electron chi connectivity index (χ3n) is 4.01. The van der Waals surface area contributed by atoms with Gasteiger partial charge in [-0.2, -0.15) is 0 Å². The van der Waals surface area contributed by atoms with Crippen molar-refractivity contribution < 1.29 is 5.11 Å². The van der Waals surface area contributed by atoms with E-state index in [9.17, 15) is 5.11 Å². The van der Waals surface area contributed by atoms with E-state index in [0.29, 0.717) is 11.8 Å². The number of hydrogen-bond acceptors (Lipinski definition) is 2.